The van der Waals surface area contributed by atoms with Gasteiger partial charge in [-0.2, -0.15) is 0 Å². The van der Waals surface area contributed by atoms with Gasteiger partial charge in [0.1, 0.15) is 11.6 Å². The van der Waals surface area contributed by atoms with E-state index in [4.69, 9.17) is 0 Å². The van der Waals surface area contributed by atoms with E-state index in [0.717, 1.165) is 67.0 Å². The lowest BCUT2D eigenvalue weighted by atomic mass is 9.84. The summed E-state index contributed by atoms with van der Waals surface area (Å²) in [6.07, 6.45) is 8.78. The van der Waals surface area contributed by atoms with Gasteiger partial charge in [-0.3, -0.25) is 9.59 Å². The highest BCUT2D eigenvalue weighted by atomic mass is 32.2. The molecule has 0 spiro atoms. The van der Waals surface area contributed by atoms with Crippen molar-refractivity contribution >= 4 is 39.5 Å². The van der Waals surface area contributed by atoms with Crippen molar-refractivity contribution in [3.05, 3.63) is 70.6 Å². The number of benzene rings is 2. The summed E-state index contributed by atoms with van der Waals surface area (Å²) in [4.78, 5) is 32.9. The number of aromatic hydroxyl groups is 1. The van der Waals surface area contributed by atoms with Crippen LogP contribution in [0.5, 0.6) is 5.75 Å². The van der Waals surface area contributed by atoms with E-state index in [1.165, 1.54) is 5.56 Å². The van der Waals surface area contributed by atoms with Gasteiger partial charge in [0.25, 0.3) is 0 Å². The first-order chi connectivity index (χ1) is 16.5. The maximum absolute atomic E-state index is 11.9. The van der Waals surface area contributed by atoms with Crippen molar-refractivity contribution in [1.82, 2.24) is 15.3 Å². The number of phenols is 1. The van der Waals surface area contributed by atoms with Crippen molar-refractivity contribution < 1.29 is 14.7 Å². The zero-order valence-electron chi connectivity index (χ0n) is 18.9. The summed E-state index contributed by atoms with van der Waals surface area (Å²) in [6.45, 7) is 0.839. The van der Waals surface area contributed by atoms with Gasteiger partial charge < -0.3 is 10.4 Å². The van der Waals surface area contributed by atoms with Crippen molar-refractivity contribution in [1.29, 1.82) is 0 Å². The summed E-state index contributed by atoms with van der Waals surface area (Å²) in [7, 11) is 0. The van der Waals surface area contributed by atoms with Gasteiger partial charge in [0, 0.05) is 25.2 Å². The maximum atomic E-state index is 11.9. The SMILES string of the molecule is O=C1CC(=O)/C(=C/c2ccnc(CC3CCC(NCc4ccc5cc(O)ccc5c4)CC3)n2)S1. The van der Waals surface area contributed by atoms with Crippen LogP contribution >= 0.6 is 11.8 Å². The molecule has 1 aliphatic carbocycles. The Hall–Kier alpha value is -3.03. The fraction of sp³-hybridized carbons (Fsp3) is 0.333. The molecule has 174 valence electrons. The molecule has 1 aromatic heterocycles. The molecule has 2 fully saturated rings. The topological polar surface area (TPSA) is 92.2 Å². The number of hydrogen-bond donors (Lipinski definition) is 2. The number of Topliss-reactive ketones (excluding diaryl/α,β-unsaturated/α-hetero) is 1. The van der Waals surface area contributed by atoms with Crippen LogP contribution in [0.15, 0.2) is 53.6 Å². The summed E-state index contributed by atoms with van der Waals surface area (Å²) in [5, 5.41) is 15.4. The molecule has 2 N–H and O–H groups in total. The highest BCUT2D eigenvalue weighted by Crippen LogP contribution is 2.31. The lowest BCUT2D eigenvalue weighted by Gasteiger charge is -2.29. The molecule has 3 aromatic rings. The zero-order chi connectivity index (χ0) is 23.5. The third-order valence-corrected chi connectivity index (χ3v) is 7.55. The number of nitrogens with zero attached hydrogens (tertiary/aromatic N) is 2. The summed E-state index contributed by atoms with van der Waals surface area (Å²) < 4.78 is 0. The first kappa shape index (κ1) is 22.7. The van der Waals surface area contributed by atoms with Crippen LogP contribution in [-0.2, 0) is 22.6 Å². The zero-order valence-corrected chi connectivity index (χ0v) is 19.7. The molecule has 2 aliphatic rings. The van der Waals surface area contributed by atoms with Gasteiger partial charge in [-0.05, 0) is 90.0 Å². The van der Waals surface area contributed by atoms with Gasteiger partial charge in [-0.15, -0.1) is 0 Å². The van der Waals surface area contributed by atoms with Gasteiger partial charge in [0.05, 0.1) is 17.0 Å². The van der Waals surface area contributed by atoms with Crippen LogP contribution < -0.4 is 5.32 Å². The molecule has 0 bridgehead atoms. The van der Waals surface area contributed by atoms with Crippen LogP contribution in [0.3, 0.4) is 0 Å². The fourth-order valence-corrected chi connectivity index (χ4v) is 5.57. The lowest BCUT2D eigenvalue weighted by molar-refractivity contribution is -0.119. The fourth-order valence-electron chi connectivity index (χ4n) is 4.76. The number of fused-ring (bicyclic) bond motifs is 1. The Morgan fingerprint density at radius 1 is 1.03 bits per heavy atom. The van der Waals surface area contributed by atoms with Crippen molar-refractivity contribution in [2.24, 2.45) is 5.92 Å². The number of aromatic nitrogens is 2. The molecule has 5 rings (SSSR count). The molecule has 0 unspecified atom stereocenters. The molecule has 6 nitrogen and oxygen atoms in total. The van der Waals surface area contributed by atoms with Crippen LogP contribution in [-0.4, -0.2) is 32.0 Å². The highest BCUT2D eigenvalue weighted by Gasteiger charge is 2.26. The van der Waals surface area contributed by atoms with Gasteiger partial charge in [0.2, 0.25) is 5.12 Å². The third-order valence-electron chi connectivity index (χ3n) is 6.61. The predicted octanol–water partition coefficient (Wildman–Crippen LogP) is 4.80. The number of rotatable bonds is 6. The van der Waals surface area contributed by atoms with Crippen LogP contribution in [0.1, 0.15) is 49.2 Å². The van der Waals surface area contributed by atoms with Crippen LogP contribution in [0.25, 0.3) is 16.8 Å². The molecule has 0 atom stereocenters. The van der Waals surface area contributed by atoms with E-state index in [-0.39, 0.29) is 17.3 Å². The first-order valence-corrected chi connectivity index (χ1v) is 12.6. The molecular formula is C27H27N3O3S. The quantitative estimate of drug-likeness (QED) is 0.392. The second-order valence-electron chi connectivity index (χ2n) is 9.15. The molecule has 1 saturated carbocycles. The van der Waals surface area contributed by atoms with E-state index in [9.17, 15) is 14.7 Å². The van der Waals surface area contributed by atoms with E-state index < -0.39 is 0 Å². The number of ketones is 1. The van der Waals surface area contributed by atoms with E-state index in [1.807, 2.05) is 6.07 Å². The molecular weight excluding hydrogens is 446 g/mol. The second kappa shape index (κ2) is 10.1. The largest absolute Gasteiger partial charge is 0.508 e. The summed E-state index contributed by atoms with van der Waals surface area (Å²) in [5.74, 6) is 1.53. The maximum Gasteiger partial charge on any atom is 0.201 e. The smallest absolute Gasteiger partial charge is 0.201 e. The van der Waals surface area contributed by atoms with Gasteiger partial charge >= 0.3 is 0 Å². The minimum absolute atomic E-state index is 0.0167. The number of carbonyl (C=O) groups excluding carboxylic acids is 2. The summed E-state index contributed by atoms with van der Waals surface area (Å²) in [5.41, 5.74) is 1.94. The Morgan fingerprint density at radius 2 is 1.82 bits per heavy atom. The third kappa shape index (κ3) is 5.54. The summed E-state index contributed by atoms with van der Waals surface area (Å²) in [6, 6.07) is 14.1. The number of thioether (sulfide) groups is 1. The monoisotopic (exact) mass is 473 g/mol. The van der Waals surface area contributed by atoms with E-state index >= 15 is 0 Å². The van der Waals surface area contributed by atoms with Crippen LogP contribution in [0, 0.1) is 5.92 Å². The molecule has 1 aliphatic heterocycles. The number of allylic oxidation sites excluding steroid dienone is 1. The van der Waals surface area contributed by atoms with Crippen LogP contribution in [0.4, 0.5) is 0 Å². The Kier molecular flexibility index (Phi) is 6.74. The minimum Gasteiger partial charge on any atom is -0.508 e. The second-order valence-corrected chi connectivity index (χ2v) is 10.2. The Balaban J connectivity index is 1.12. The van der Waals surface area contributed by atoms with Crippen molar-refractivity contribution in [2.45, 2.75) is 51.1 Å². The van der Waals surface area contributed by atoms with Crippen molar-refractivity contribution in [2.75, 3.05) is 0 Å². The first-order valence-electron chi connectivity index (χ1n) is 11.7. The Labute approximate surface area is 202 Å². The molecule has 2 heterocycles. The van der Waals surface area contributed by atoms with E-state index in [1.54, 1.807) is 30.5 Å². The van der Waals surface area contributed by atoms with Gasteiger partial charge in [0.15, 0.2) is 5.78 Å². The number of carbonyl (C=O) groups is 2. The predicted molar refractivity (Wildman–Crippen MR) is 134 cm³/mol. The molecule has 1 saturated heterocycles. The Bertz CT molecular complexity index is 1260. The van der Waals surface area contributed by atoms with Gasteiger partial charge in [-0.1, -0.05) is 18.2 Å². The normalized spacial score (nSPS) is 22.1. The molecule has 7 heteroatoms. The van der Waals surface area contributed by atoms with E-state index in [2.05, 4.69) is 33.5 Å². The van der Waals surface area contributed by atoms with Crippen molar-refractivity contribution in [3.8, 4) is 5.75 Å². The molecule has 0 radical (unpaired) electrons. The van der Waals surface area contributed by atoms with Gasteiger partial charge in [-0.25, -0.2) is 9.97 Å². The van der Waals surface area contributed by atoms with E-state index in [0.29, 0.717) is 28.3 Å². The molecule has 2 aromatic carbocycles. The molecule has 34 heavy (non-hydrogen) atoms. The number of phenolic OH excluding ortho intramolecular Hbond substituents is 1. The van der Waals surface area contributed by atoms with Crippen molar-refractivity contribution in [3.63, 3.8) is 0 Å². The number of nitrogens with one attached hydrogen (secondary N) is 1. The van der Waals surface area contributed by atoms with Crippen LogP contribution in [0.2, 0.25) is 0 Å². The molecule has 0 amide bonds. The average Bonchev–Trinajstić information content (AvgIpc) is 3.15. The lowest BCUT2D eigenvalue weighted by Crippen LogP contribution is -2.33. The average molecular weight is 474 g/mol. The minimum atomic E-state index is -0.121. The summed E-state index contributed by atoms with van der Waals surface area (Å²) >= 11 is 1.01. The standard InChI is InChI=1S/C27H27N3O3S/c31-23-8-5-19-11-18(1-4-20(19)13-23)16-29-21-6-2-17(3-7-21)12-26-28-10-9-22(30-26)14-25-24(32)15-27(33)34-25/h1,4-5,8-11,13-14,17,21,29,31H,2-3,6-7,12,15-16H2/b25-14-. The Morgan fingerprint density at radius 3 is 2.62 bits per heavy atom. The highest BCUT2D eigenvalue weighted by molar-refractivity contribution is 8.18. The number of hydrogen-bond acceptors (Lipinski definition) is 7.